The first-order valence-electron chi connectivity index (χ1n) is 4.65. The van der Waals surface area contributed by atoms with Crippen LogP contribution in [-0.2, 0) is 14.2 Å². The second kappa shape index (κ2) is 2.95. The van der Waals surface area contributed by atoms with Crippen LogP contribution in [0.5, 0.6) is 0 Å². The van der Waals surface area contributed by atoms with Crippen molar-refractivity contribution in [3.8, 4) is 0 Å². The standard InChI is InChI=1S/C8H15BO4/c1-8(2)12-5-4(3-10)11-7(9)6(5)13-8/h4-7,10H,3,9H2,1-2H3/t4-,5?,6?,7-/m1/s1. The van der Waals surface area contributed by atoms with Crippen molar-refractivity contribution < 1.29 is 19.3 Å². The molecule has 0 aromatic heterocycles. The van der Waals surface area contributed by atoms with Crippen molar-refractivity contribution in [2.75, 3.05) is 6.61 Å². The molecule has 0 bridgehead atoms. The van der Waals surface area contributed by atoms with Gasteiger partial charge in [-0.2, -0.15) is 0 Å². The third kappa shape index (κ3) is 1.50. The molecule has 0 radical (unpaired) electrons. The molecule has 0 aromatic rings. The van der Waals surface area contributed by atoms with Crippen LogP contribution in [0.2, 0.25) is 0 Å². The number of hydrogen-bond acceptors (Lipinski definition) is 4. The van der Waals surface area contributed by atoms with Crippen LogP contribution in [0.15, 0.2) is 0 Å². The summed E-state index contributed by atoms with van der Waals surface area (Å²) in [7, 11) is 1.94. The molecule has 0 aliphatic carbocycles. The van der Waals surface area contributed by atoms with Crippen LogP contribution in [0, 0.1) is 0 Å². The van der Waals surface area contributed by atoms with Crippen molar-refractivity contribution >= 4 is 7.85 Å². The van der Waals surface area contributed by atoms with Crippen LogP contribution in [0.4, 0.5) is 0 Å². The topological polar surface area (TPSA) is 47.9 Å². The van der Waals surface area contributed by atoms with Crippen molar-refractivity contribution in [3.05, 3.63) is 0 Å². The van der Waals surface area contributed by atoms with E-state index in [1.165, 1.54) is 0 Å². The lowest BCUT2D eigenvalue weighted by molar-refractivity contribution is -0.182. The Morgan fingerprint density at radius 2 is 1.92 bits per heavy atom. The number of aliphatic hydroxyl groups excluding tert-OH is 1. The van der Waals surface area contributed by atoms with Crippen LogP contribution in [0.3, 0.4) is 0 Å². The van der Waals surface area contributed by atoms with Crippen LogP contribution in [0.25, 0.3) is 0 Å². The number of ether oxygens (including phenoxy) is 3. The van der Waals surface area contributed by atoms with E-state index in [0.29, 0.717) is 0 Å². The predicted octanol–water partition coefficient (Wildman–Crippen LogP) is -1.14. The third-order valence-corrected chi connectivity index (χ3v) is 2.56. The molecule has 0 saturated carbocycles. The zero-order chi connectivity index (χ0) is 9.64. The van der Waals surface area contributed by atoms with Gasteiger partial charge in [0.05, 0.1) is 12.6 Å². The molecule has 2 aliphatic rings. The Labute approximate surface area is 78.6 Å². The molecule has 5 heteroatoms. The quantitative estimate of drug-likeness (QED) is 0.525. The Bertz CT molecular complexity index is 208. The van der Waals surface area contributed by atoms with E-state index >= 15 is 0 Å². The summed E-state index contributed by atoms with van der Waals surface area (Å²) in [6, 6.07) is 0.00363. The average molecular weight is 186 g/mol. The van der Waals surface area contributed by atoms with E-state index < -0.39 is 5.79 Å². The third-order valence-electron chi connectivity index (χ3n) is 2.56. The molecule has 2 aliphatic heterocycles. The van der Waals surface area contributed by atoms with Crippen molar-refractivity contribution in [1.82, 2.24) is 0 Å². The maximum Gasteiger partial charge on any atom is 0.163 e. The van der Waals surface area contributed by atoms with E-state index in [0.717, 1.165) is 0 Å². The summed E-state index contributed by atoms with van der Waals surface area (Å²) in [5.74, 6) is -0.541. The monoisotopic (exact) mass is 186 g/mol. The van der Waals surface area contributed by atoms with E-state index in [4.69, 9.17) is 19.3 Å². The zero-order valence-electron chi connectivity index (χ0n) is 8.19. The fourth-order valence-electron chi connectivity index (χ4n) is 2.05. The average Bonchev–Trinajstić information content (AvgIpc) is 2.47. The van der Waals surface area contributed by atoms with Crippen molar-refractivity contribution in [2.24, 2.45) is 0 Å². The minimum Gasteiger partial charge on any atom is -0.394 e. The Hall–Kier alpha value is -0.0951. The highest BCUT2D eigenvalue weighted by molar-refractivity contribution is 6.11. The lowest BCUT2D eigenvalue weighted by atomic mass is 9.93. The first-order valence-corrected chi connectivity index (χ1v) is 4.65. The molecule has 2 saturated heterocycles. The second-order valence-electron chi connectivity index (χ2n) is 4.13. The summed E-state index contributed by atoms with van der Waals surface area (Å²) < 4.78 is 16.8. The smallest absolute Gasteiger partial charge is 0.163 e. The van der Waals surface area contributed by atoms with Gasteiger partial charge in [0.1, 0.15) is 26.2 Å². The number of aliphatic hydroxyl groups is 1. The highest BCUT2D eigenvalue weighted by Gasteiger charge is 2.52. The largest absolute Gasteiger partial charge is 0.394 e. The van der Waals surface area contributed by atoms with Gasteiger partial charge in [0.25, 0.3) is 0 Å². The summed E-state index contributed by atoms with van der Waals surface area (Å²) >= 11 is 0. The first-order chi connectivity index (χ1) is 6.03. The van der Waals surface area contributed by atoms with Gasteiger partial charge in [-0.3, -0.25) is 0 Å². The summed E-state index contributed by atoms with van der Waals surface area (Å²) in [6.07, 6.45) is -0.385. The van der Waals surface area contributed by atoms with Gasteiger partial charge in [0.2, 0.25) is 0 Å². The molecule has 2 unspecified atom stereocenters. The van der Waals surface area contributed by atoms with E-state index in [9.17, 15) is 0 Å². The van der Waals surface area contributed by atoms with Gasteiger partial charge < -0.3 is 19.3 Å². The molecule has 0 spiro atoms. The Kier molecular flexibility index (Phi) is 2.15. The molecule has 13 heavy (non-hydrogen) atoms. The highest BCUT2D eigenvalue weighted by atomic mass is 16.8. The van der Waals surface area contributed by atoms with Gasteiger partial charge in [0.15, 0.2) is 5.79 Å². The van der Waals surface area contributed by atoms with Gasteiger partial charge in [0, 0.05) is 0 Å². The molecule has 0 aromatic carbocycles. The predicted molar refractivity (Wildman–Crippen MR) is 48.1 cm³/mol. The number of rotatable bonds is 1. The van der Waals surface area contributed by atoms with Crippen LogP contribution < -0.4 is 0 Å². The SMILES string of the molecule is B[C@@H]1O[C@H](CO)C2OC(C)(C)OC21. The molecule has 2 fully saturated rings. The number of fused-ring (bicyclic) bond motifs is 1. The minimum atomic E-state index is -0.541. The normalized spacial score (nSPS) is 47.9. The Balaban J connectivity index is 2.12. The Morgan fingerprint density at radius 3 is 2.54 bits per heavy atom. The molecule has 4 nitrogen and oxygen atoms in total. The van der Waals surface area contributed by atoms with Gasteiger partial charge in [-0.1, -0.05) is 0 Å². The second-order valence-corrected chi connectivity index (χ2v) is 4.13. The van der Waals surface area contributed by atoms with Crippen LogP contribution in [-0.4, -0.2) is 49.7 Å². The summed E-state index contributed by atoms with van der Waals surface area (Å²) in [5, 5.41) is 9.04. The van der Waals surface area contributed by atoms with Crippen LogP contribution >= 0.6 is 0 Å². The summed E-state index contributed by atoms with van der Waals surface area (Å²) in [6.45, 7) is 3.75. The Morgan fingerprint density at radius 1 is 1.31 bits per heavy atom. The van der Waals surface area contributed by atoms with Crippen molar-refractivity contribution in [3.63, 3.8) is 0 Å². The van der Waals surface area contributed by atoms with Crippen molar-refractivity contribution in [1.29, 1.82) is 0 Å². The molecule has 2 rings (SSSR count). The van der Waals surface area contributed by atoms with Gasteiger partial charge >= 0.3 is 0 Å². The van der Waals surface area contributed by atoms with Crippen molar-refractivity contribution in [2.45, 2.75) is 43.9 Å². The van der Waals surface area contributed by atoms with Gasteiger partial charge in [-0.15, -0.1) is 0 Å². The molecule has 4 atom stereocenters. The van der Waals surface area contributed by atoms with E-state index in [1.54, 1.807) is 0 Å². The van der Waals surface area contributed by atoms with Gasteiger partial charge in [-0.25, -0.2) is 0 Å². The summed E-state index contributed by atoms with van der Waals surface area (Å²) in [4.78, 5) is 0. The molecular weight excluding hydrogens is 171 g/mol. The van der Waals surface area contributed by atoms with E-state index in [1.807, 2.05) is 21.7 Å². The maximum absolute atomic E-state index is 9.04. The fourth-order valence-corrected chi connectivity index (χ4v) is 2.05. The fraction of sp³-hybridized carbons (Fsp3) is 1.00. The summed E-state index contributed by atoms with van der Waals surface area (Å²) in [5.41, 5.74) is 0. The highest BCUT2D eigenvalue weighted by Crippen LogP contribution is 2.37. The lowest BCUT2D eigenvalue weighted by Gasteiger charge is -2.22. The van der Waals surface area contributed by atoms with Crippen LogP contribution in [0.1, 0.15) is 13.8 Å². The van der Waals surface area contributed by atoms with E-state index in [-0.39, 0.29) is 30.9 Å². The molecule has 74 valence electrons. The molecular formula is C8H15BO4. The van der Waals surface area contributed by atoms with E-state index in [2.05, 4.69) is 0 Å². The zero-order valence-corrected chi connectivity index (χ0v) is 8.19. The minimum absolute atomic E-state index is 0.00363. The van der Waals surface area contributed by atoms with Gasteiger partial charge in [-0.05, 0) is 13.8 Å². The molecule has 0 amide bonds. The first kappa shape index (κ1) is 9.46. The number of hydrogen-bond donors (Lipinski definition) is 1. The lowest BCUT2D eigenvalue weighted by Crippen LogP contribution is -2.31. The maximum atomic E-state index is 9.04. The molecule has 1 N–H and O–H groups in total. The molecule has 2 heterocycles.